The van der Waals surface area contributed by atoms with Gasteiger partial charge < -0.3 is 4.90 Å². The molecule has 0 amide bonds. The Morgan fingerprint density at radius 1 is 1.50 bits per heavy atom. The molecule has 3 nitrogen and oxygen atoms in total. The summed E-state index contributed by atoms with van der Waals surface area (Å²) in [6.07, 6.45) is 2.53. The van der Waals surface area contributed by atoms with Crippen LogP contribution < -0.4 is 4.90 Å². The van der Waals surface area contributed by atoms with Crippen molar-refractivity contribution < 1.29 is 0 Å². The first-order chi connectivity index (χ1) is 7.79. The van der Waals surface area contributed by atoms with E-state index < -0.39 is 0 Å². The summed E-state index contributed by atoms with van der Waals surface area (Å²) in [4.78, 5) is 11.9. The van der Waals surface area contributed by atoms with Gasteiger partial charge in [-0.1, -0.05) is 0 Å². The average Bonchev–Trinajstić information content (AvgIpc) is 2.97. The van der Waals surface area contributed by atoms with Gasteiger partial charge in [-0.05, 0) is 42.8 Å². The summed E-state index contributed by atoms with van der Waals surface area (Å²) in [6.45, 7) is 3.13. The van der Waals surface area contributed by atoms with Crippen molar-refractivity contribution >= 4 is 39.0 Å². The monoisotopic (exact) mass is 253 g/mol. The van der Waals surface area contributed by atoms with Gasteiger partial charge in [0, 0.05) is 12.6 Å². The van der Waals surface area contributed by atoms with Crippen LogP contribution in [-0.2, 0) is 0 Å². The van der Waals surface area contributed by atoms with E-state index in [2.05, 4.69) is 27.9 Å². The molecule has 0 saturated heterocycles. The predicted molar refractivity (Wildman–Crippen MR) is 68.5 cm³/mol. The van der Waals surface area contributed by atoms with Gasteiger partial charge in [0.1, 0.15) is 10.6 Å². The van der Waals surface area contributed by atoms with Gasteiger partial charge in [0.05, 0.1) is 5.39 Å². The molecule has 1 fully saturated rings. The normalized spacial score (nSPS) is 15.6. The van der Waals surface area contributed by atoms with E-state index in [1.807, 2.05) is 5.38 Å². The van der Waals surface area contributed by atoms with Gasteiger partial charge in [-0.15, -0.1) is 11.3 Å². The number of hydrogen-bond acceptors (Lipinski definition) is 4. The summed E-state index contributed by atoms with van der Waals surface area (Å²) in [6, 6.07) is 2.73. The predicted octanol–water partition coefficient (Wildman–Crippen LogP) is 3.33. The van der Waals surface area contributed by atoms with E-state index in [4.69, 9.17) is 11.6 Å². The summed E-state index contributed by atoms with van der Waals surface area (Å²) < 4.78 is 0. The molecule has 1 aliphatic carbocycles. The van der Waals surface area contributed by atoms with E-state index in [9.17, 15) is 0 Å². The second kappa shape index (κ2) is 3.86. The molecule has 0 radical (unpaired) electrons. The number of halogens is 1. The topological polar surface area (TPSA) is 29.0 Å². The molecular formula is C11H12ClN3S. The number of aromatic nitrogens is 2. The summed E-state index contributed by atoms with van der Waals surface area (Å²) in [5, 5.41) is 3.52. The first-order valence-corrected chi connectivity index (χ1v) is 6.72. The molecule has 0 atom stereocenters. The lowest BCUT2D eigenvalue weighted by Gasteiger charge is -2.22. The van der Waals surface area contributed by atoms with Crippen LogP contribution in [0.25, 0.3) is 10.2 Å². The minimum Gasteiger partial charge on any atom is -0.353 e. The third kappa shape index (κ3) is 1.66. The Morgan fingerprint density at radius 2 is 2.31 bits per heavy atom. The Kier molecular flexibility index (Phi) is 2.48. The molecule has 0 aromatic carbocycles. The van der Waals surface area contributed by atoms with Gasteiger partial charge in [-0.2, -0.15) is 4.98 Å². The fraction of sp³-hybridized carbons (Fsp3) is 0.455. The molecule has 1 aliphatic rings. The highest BCUT2D eigenvalue weighted by Crippen LogP contribution is 2.35. The maximum atomic E-state index is 5.96. The lowest BCUT2D eigenvalue weighted by atomic mass is 10.3. The van der Waals surface area contributed by atoms with Crippen LogP contribution in [0.4, 0.5) is 5.82 Å². The highest BCUT2D eigenvalue weighted by molar-refractivity contribution is 7.16. The Labute approximate surface area is 103 Å². The zero-order chi connectivity index (χ0) is 11.1. The van der Waals surface area contributed by atoms with Crippen LogP contribution in [0.1, 0.15) is 19.8 Å². The molecule has 3 rings (SSSR count). The van der Waals surface area contributed by atoms with Crippen LogP contribution in [0, 0.1) is 0 Å². The quantitative estimate of drug-likeness (QED) is 0.786. The summed E-state index contributed by atoms with van der Waals surface area (Å²) in [5.41, 5.74) is 0. The van der Waals surface area contributed by atoms with Crippen molar-refractivity contribution in [2.45, 2.75) is 25.8 Å². The molecule has 2 heterocycles. The van der Waals surface area contributed by atoms with Gasteiger partial charge in [-0.3, -0.25) is 0 Å². The minimum absolute atomic E-state index is 0.351. The first kappa shape index (κ1) is 10.3. The minimum atomic E-state index is 0.351. The van der Waals surface area contributed by atoms with Crippen LogP contribution >= 0.6 is 22.9 Å². The van der Waals surface area contributed by atoms with E-state index in [0.29, 0.717) is 11.3 Å². The fourth-order valence-electron chi connectivity index (χ4n) is 2.00. The van der Waals surface area contributed by atoms with Crippen molar-refractivity contribution in [1.82, 2.24) is 9.97 Å². The number of anilines is 1. The standard InChI is InChI=1S/C11H12ClN3S/c1-2-15(7-3-4-7)9-8-5-6-16-10(8)14-11(12)13-9/h5-7H,2-4H2,1H3. The average molecular weight is 254 g/mol. The van der Waals surface area contributed by atoms with Crippen molar-refractivity contribution in [1.29, 1.82) is 0 Å². The van der Waals surface area contributed by atoms with Crippen molar-refractivity contribution in [3.63, 3.8) is 0 Å². The van der Waals surface area contributed by atoms with E-state index in [1.165, 1.54) is 12.8 Å². The number of nitrogens with zero attached hydrogens (tertiary/aromatic N) is 3. The molecule has 84 valence electrons. The van der Waals surface area contributed by atoms with Gasteiger partial charge >= 0.3 is 0 Å². The second-order valence-corrected chi connectivity index (χ2v) is 5.21. The Morgan fingerprint density at radius 3 is 3.00 bits per heavy atom. The van der Waals surface area contributed by atoms with Gasteiger partial charge in [0.25, 0.3) is 0 Å². The first-order valence-electron chi connectivity index (χ1n) is 5.47. The zero-order valence-corrected chi connectivity index (χ0v) is 10.6. The zero-order valence-electron chi connectivity index (χ0n) is 8.98. The Bertz CT molecular complexity index is 521. The molecule has 0 aliphatic heterocycles. The van der Waals surface area contributed by atoms with E-state index >= 15 is 0 Å². The molecule has 0 N–H and O–H groups in total. The van der Waals surface area contributed by atoms with Crippen LogP contribution in [0.3, 0.4) is 0 Å². The highest BCUT2D eigenvalue weighted by Gasteiger charge is 2.30. The largest absolute Gasteiger partial charge is 0.353 e. The summed E-state index contributed by atoms with van der Waals surface area (Å²) in [5.74, 6) is 1.00. The van der Waals surface area contributed by atoms with Crippen molar-refractivity contribution in [2.75, 3.05) is 11.4 Å². The Hall–Kier alpha value is -0.870. The van der Waals surface area contributed by atoms with E-state index in [1.54, 1.807) is 11.3 Å². The van der Waals surface area contributed by atoms with Gasteiger partial charge in [0.2, 0.25) is 5.28 Å². The van der Waals surface area contributed by atoms with Crippen LogP contribution in [0.15, 0.2) is 11.4 Å². The van der Waals surface area contributed by atoms with E-state index in [-0.39, 0.29) is 0 Å². The Balaban J connectivity index is 2.15. The molecule has 1 saturated carbocycles. The smallest absolute Gasteiger partial charge is 0.225 e. The molecular weight excluding hydrogens is 242 g/mol. The number of thiophene rings is 1. The molecule has 0 spiro atoms. The third-order valence-electron chi connectivity index (χ3n) is 2.88. The molecule has 16 heavy (non-hydrogen) atoms. The maximum absolute atomic E-state index is 5.96. The van der Waals surface area contributed by atoms with Crippen LogP contribution in [0.2, 0.25) is 5.28 Å². The van der Waals surface area contributed by atoms with Crippen molar-refractivity contribution in [3.8, 4) is 0 Å². The number of rotatable bonds is 3. The lowest BCUT2D eigenvalue weighted by molar-refractivity contribution is 0.811. The number of fused-ring (bicyclic) bond motifs is 1. The summed E-state index contributed by atoms with van der Waals surface area (Å²) in [7, 11) is 0. The summed E-state index contributed by atoms with van der Waals surface area (Å²) >= 11 is 7.58. The second-order valence-electron chi connectivity index (χ2n) is 3.97. The third-order valence-corrected chi connectivity index (χ3v) is 3.85. The molecule has 0 unspecified atom stereocenters. The van der Waals surface area contributed by atoms with Crippen LogP contribution in [-0.4, -0.2) is 22.6 Å². The van der Waals surface area contributed by atoms with E-state index in [0.717, 1.165) is 22.6 Å². The van der Waals surface area contributed by atoms with Gasteiger partial charge in [0.15, 0.2) is 0 Å². The molecule has 0 bridgehead atoms. The van der Waals surface area contributed by atoms with Gasteiger partial charge in [-0.25, -0.2) is 4.98 Å². The lowest BCUT2D eigenvalue weighted by Crippen LogP contribution is -2.26. The van der Waals surface area contributed by atoms with Crippen LogP contribution in [0.5, 0.6) is 0 Å². The number of hydrogen-bond donors (Lipinski definition) is 0. The fourth-order valence-corrected chi connectivity index (χ4v) is 2.97. The maximum Gasteiger partial charge on any atom is 0.225 e. The molecule has 5 heteroatoms. The highest BCUT2D eigenvalue weighted by atomic mass is 35.5. The SMILES string of the molecule is CCN(c1nc(Cl)nc2sccc12)C1CC1. The molecule has 2 aromatic rings. The molecule has 2 aromatic heterocycles. The van der Waals surface area contributed by atoms with Crippen molar-refractivity contribution in [2.24, 2.45) is 0 Å². The van der Waals surface area contributed by atoms with Crippen molar-refractivity contribution in [3.05, 3.63) is 16.7 Å².